The van der Waals surface area contributed by atoms with E-state index in [1.54, 1.807) is 23.1 Å². The van der Waals surface area contributed by atoms with Gasteiger partial charge in [-0.1, -0.05) is 0 Å². The number of carbonyl (C=O) groups is 1. The van der Waals surface area contributed by atoms with Gasteiger partial charge in [-0.25, -0.2) is 0 Å². The van der Waals surface area contributed by atoms with E-state index in [-0.39, 0.29) is 5.97 Å². The van der Waals surface area contributed by atoms with Crippen LogP contribution in [-0.4, -0.2) is 18.8 Å². The highest BCUT2D eigenvalue weighted by atomic mass is 79.9. The molecule has 2 nitrogen and oxygen atoms in total. The Morgan fingerprint density at radius 3 is 3.07 bits per heavy atom. The summed E-state index contributed by atoms with van der Waals surface area (Å²) in [5.74, 6) is 1.63. The molecule has 78 valence electrons. The summed E-state index contributed by atoms with van der Waals surface area (Å²) >= 11 is 6.95. The maximum Gasteiger partial charge on any atom is 0.306 e. The molecule has 1 heterocycles. The Hall–Kier alpha value is -0.000000000000000111. The first-order chi connectivity index (χ1) is 6.74. The molecule has 1 aromatic heterocycles. The molecule has 0 atom stereocenters. The van der Waals surface area contributed by atoms with Crippen LogP contribution in [-0.2, 0) is 15.3 Å². The second kappa shape index (κ2) is 6.48. The second-order valence-electron chi connectivity index (χ2n) is 2.57. The van der Waals surface area contributed by atoms with Crippen molar-refractivity contribution in [3.63, 3.8) is 0 Å². The Kier molecular flexibility index (Phi) is 5.59. The van der Waals surface area contributed by atoms with Gasteiger partial charge in [0.25, 0.3) is 0 Å². The molecule has 0 amide bonds. The van der Waals surface area contributed by atoms with E-state index in [0.717, 1.165) is 16.0 Å². The van der Waals surface area contributed by atoms with Crippen LogP contribution in [0.15, 0.2) is 15.9 Å². The Labute approximate surface area is 100 Å². The van der Waals surface area contributed by atoms with Crippen LogP contribution in [0.4, 0.5) is 0 Å². The lowest BCUT2D eigenvalue weighted by molar-refractivity contribution is -0.140. The summed E-state index contributed by atoms with van der Waals surface area (Å²) in [5.41, 5.74) is 0. The van der Waals surface area contributed by atoms with Crippen LogP contribution in [0.25, 0.3) is 0 Å². The number of carbonyl (C=O) groups excluding carboxylic acids is 1. The standard InChI is InChI=1S/C9H11BrO2S2/c1-12-9(11)3-4-13-6-8-7(10)2-5-14-8/h2,5H,3-4,6H2,1H3. The van der Waals surface area contributed by atoms with Gasteiger partial charge in [0.05, 0.1) is 13.5 Å². The molecule has 0 bridgehead atoms. The number of ether oxygens (including phenoxy) is 1. The summed E-state index contributed by atoms with van der Waals surface area (Å²) in [6.45, 7) is 0. The molecule has 0 fully saturated rings. The normalized spacial score (nSPS) is 10.1. The molecule has 0 aromatic carbocycles. The van der Waals surface area contributed by atoms with Gasteiger partial charge in [-0.05, 0) is 27.4 Å². The van der Waals surface area contributed by atoms with E-state index < -0.39 is 0 Å². The van der Waals surface area contributed by atoms with Gasteiger partial charge in [-0.15, -0.1) is 11.3 Å². The Bertz CT molecular complexity index is 299. The molecule has 0 unspecified atom stereocenters. The molecular formula is C9H11BrO2S2. The maximum atomic E-state index is 10.8. The van der Waals surface area contributed by atoms with Gasteiger partial charge in [0.2, 0.25) is 0 Å². The predicted octanol–water partition coefficient (Wildman–Crippen LogP) is 3.31. The minimum Gasteiger partial charge on any atom is -0.469 e. The first-order valence-electron chi connectivity index (χ1n) is 4.10. The third kappa shape index (κ3) is 4.02. The van der Waals surface area contributed by atoms with E-state index >= 15 is 0 Å². The number of methoxy groups -OCH3 is 1. The zero-order chi connectivity index (χ0) is 10.4. The number of hydrogen-bond acceptors (Lipinski definition) is 4. The van der Waals surface area contributed by atoms with E-state index in [0.29, 0.717) is 6.42 Å². The topological polar surface area (TPSA) is 26.3 Å². The lowest BCUT2D eigenvalue weighted by Crippen LogP contribution is -2.01. The predicted molar refractivity (Wildman–Crippen MR) is 64.8 cm³/mol. The minimum atomic E-state index is -0.136. The number of rotatable bonds is 5. The molecule has 1 aromatic rings. The smallest absolute Gasteiger partial charge is 0.306 e. The first kappa shape index (κ1) is 12.1. The zero-order valence-electron chi connectivity index (χ0n) is 7.79. The summed E-state index contributed by atoms with van der Waals surface area (Å²) < 4.78 is 5.71. The molecule has 0 aliphatic rings. The number of hydrogen-bond donors (Lipinski definition) is 0. The van der Waals surface area contributed by atoms with Crippen LogP contribution in [0.3, 0.4) is 0 Å². The van der Waals surface area contributed by atoms with Crippen molar-refractivity contribution in [2.45, 2.75) is 12.2 Å². The third-order valence-corrected chi connectivity index (χ3v) is 4.70. The molecule has 0 saturated carbocycles. The SMILES string of the molecule is COC(=O)CCSCc1sccc1Br. The average molecular weight is 295 g/mol. The van der Waals surface area contributed by atoms with Crippen LogP contribution in [0, 0.1) is 0 Å². The molecule has 5 heteroatoms. The summed E-state index contributed by atoms with van der Waals surface area (Å²) in [6, 6.07) is 2.04. The van der Waals surface area contributed by atoms with Crippen LogP contribution in [0.2, 0.25) is 0 Å². The highest BCUT2D eigenvalue weighted by molar-refractivity contribution is 9.10. The minimum absolute atomic E-state index is 0.136. The first-order valence-corrected chi connectivity index (χ1v) is 6.93. The second-order valence-corrected chi connectivity index (χ2v) is 5.53. The van der Waals surface area contributed by atoms with Gasteiger partial charge < -0.3 is 4.74 Å². The van der Waals surface area contributed by atoms with Crippen molar-refractivity contribution >= 4 is 45.0 Å². The molecular weight excluding hydrogens is 284 g/mol. The zero-order valence-corrected chi connectivity index (χ0v) is 11.0. The fourth-order valence-electron chi connectivity index (χ4n) is 0.851. The van der Waals surface area contributed by atoms with Crippen LogP contribution in [0.1, 0.15) is 11.3 Å². The summed E-state index contributed by atoms with van der Waals surface area (Å²) in [4.78, 5) is 12.1. The maximum absolute atomic E-state index is 10.8. The van der Waals surface area contributed by atoms with E-state index in [1.807, 2.05) is 6.07 Å². The molecule has 0 aliphatic heterocycles. The van der Waals surface area contributed by atoms with Gasteiger partial charge in [0.15, 0.2) is 0 Å². The van der Waals surface area contributed by atoms with E-state index in [9.17, 15) is 4.79 Å². The highest BCUT2D eigenvalue weighted by Gasteiger charge is 2.03. The number of halogens is 1. The number of thioether (sulfide) groups is 1. The molecule has 14 heavy (non-hydrogen) atoms. The van der Waals surface area contributed by atoms with Crippen molar-refractivity contribution in [1.29, 1.82) is 0 Å². The Balaban J connectivity index is 2.16. The van der Waals surface area contributed by atoms with E-state index in [2.05, 4.69) is 26.0 Å². The summed E-state index contributed by atoms with van der Waals surface area (Å²) in [6.07, 6.45) is 0.490. The van der Waals surface area contributed by atoms with Crippen molar-refractivity contribution in [3.8, 4) is 0 Å². The van der Waals surface area contributed by atoms with Crippen LogP contribution < -0.4 is 0 Å². The van der Waals surface area contributed by atoms with Crippen LogP contribution >= 0.6 is 39.0 Å². The van der Waals surface area contributed by atoms with Gasteiger partial charge in [0, 0.05) is 20.9 Å². The van der Waals surface area contributed by atoms with Crippen molar-refractivity contribution in [1.82, 2.24) is 0 Å². The summed E-state index contributed by atoms with van der Waals surface area (Å²) in [5, 5.41) is 2.06. The van der Waals surface area contributed by atoms with E-state index in [4.69, 9.17) is 0 Å². The summed E-state index contributed by atoms with van der Waals surface area (Å²) in [7, 11) is 1.42. The lowest BCUT2D eigenvalue weighted by atomic mass is 10.5. The van der Waals surface area contributed by atoms with Crippen molar-refractivity contribution in [2.24, 2.45) is 0 Å². The Morgan fingerprint density at radius 2 is 2.50 bits per heavy atom. The molecule has 0 aliphatic carbocycles. The molecule has 0 spiro atoms. The molecule has 0 radical (unpaired) electrons. The fraction of sp³-hybridized carbons (Fsp3) is 0.444. The fourth-order valence-corrected chi connectivity index (χ4v) is 3.63. The Morgan fingerprint density at radius 1 is 1.71 bits per heavy atom. The van der Waals surface area contributed by atoms with Crippen molar-refractivity contribution in [2.75, 3.05) is 12.9 Å². The van der Waals surface area contributed by atoms with Crippen molar-refractivity contribution < 1.29 is 9.53 Å². The average Bonchev–Trinajstić information content (AvgIpc) is 2.58. The number of esters is 1. The molecule has 0 N–H and O–H groups in total. The van der Waals surface area contributed by atoms with Gasteiger partial charge in [-0.2, -0.15) is 11.8 Å². The van der Waals surface area contributed by atoms with Gasteiger partial charge >= 0.3 is 5.97 Å². The molecule has 1 rings (SSSR count). The molecule has 0 saturated heterocycles. The van der Waals surface area contributed by atoms with Crippen molar-refractivity contribution in [3.05, 3.63) is 20.8 Å². The third-order valence-electron chi connectivity index (χ3n) is 1.60. The van der Waals surface area contributed by atoms with Gasteiger partial charge in [0.1, 0.15) is 0 Å². The number of thiophene rings is 1. The monoisotopic (exact) mass is 294 g/mol. The van der Waals surface area contributed by atoms with Crippen LogP contribution in [0.5, 0.6) is 0 Å². The largest absolute Gasteiger partial charge is 0.469 e. The highest BCUT2D eigenvalue weighted by Crippen LogP contribution is 2.26. The van der Waals surface area contributed by atoms with E-state index in [1.165, 1.54) is 12.0 Å². The lowest BCUT2D eigenvalue weighted by Gasteiger charge is -1.99. The quantitative estimate of drug-likeness (QED) is 0.616. The van der Waals surface area contributed by atoms with Gasteiger partial charge in [-0.3, -0.25) is 4.79 Å².